The molecule has 8 nitrogen and oxygen atoms in total. The second-order valence-electron chi connectivity index (χ2n) is 15.3. The van der Waals surface area contributed by atoms with Gasteiger partial charge in [0.15, 0.2) is 0 Å². The molecule has 2 aliphatic heterocycles. The molecule has 8 rings (SSSR count). The van der Waals surface area contributed by atoms with E-state index >= 15 is 0 Å². The first kappa shape index (κ1) is 41.8. The molecule has 1 N–H and O–H groups in total. The van der Waals surface area contributed by atoms with Crippen LogP contribution in [0.1, 0.15) is 45.4 Å². The normalized spacial score (nSPS) is 22.7. The van der Waals surface area contributed by atoms with E-state index in [4.69, 9.17) is 44.8 Å². The van der Waals surface area contributed by atoms with Gasteiger partial charge in [-0.2, -0.15) is 0 Å². The van der Waals surface area contributed by atoms with Crippen LogP contribution in [0.3, 0.4) is 0 Å². The standard InChI is InChI=1S/C51H51ClO8/c52-46-26-23-43(30-42(46)29-37-21-24-44(25-22-37)59-45-27-28-54-35-45)51(53)50(58-34-41-19-11-4-12-20-41)49(57-33-40-17-9-3-10-18-40)48(56-32-39-15-7-2-8-16-39)47(60-51)36-55-31-38-13-5-1-6-14-38/h1-26,30,45,47-50,53H,27-29,31-36H2/t45?,47-,48-,49+,50-,51?/m1/s1. The van der Waals surface area contributed by atoms with Crippen molar-refractivity contribution in [1.29, 1.82) is 0 Å². The molecule has 0 aromatic heterocycles. The number of benzene rings is 6. The zero-order valence-electron chi connectivity index (χ0n) is 33.5. The number of rotatable bonds is 18. The molecule has 310 valence electrons. The Labute approximate surface area is 357 Å². The van der Waals surface area contributed by atoms with Gasteiger partial charge >= 0.3 is 0 Å². The van der Waals surface area contributed by atoms with Crippen molar-refractivity contribution in [2.24, 2.45) is 0 Å². The van der Waals surface area contributed by atoms with E-state index in [9.17, 15) is 5.11 Å². The maximum absolute atomic E-state index is 13.3. The van der Waals surface area contributed by atoms with E-state index in [0.29, 0.717) is 36.8 Å². The molecule has 60 heavy (non-hydrogen) atoms. The molecule has 0 bridgehead atoms. The van der Waals surface area contributed by atoms with Gasteiger partial charge in [0.05, 0.1) is 46.2 Å². The molecular weight excluding hydrogens is 776 g/mol. The first-order chi connectivity index (χ1) is 29.5. The highest BCUT2D eigenvalue weighted by molar-refractivity contribution is 6.31. The summed E-state index contributed by atoms with van der Waals surface area (Å²) in [6.07, 6.45) is -1.93. The Morgan fingerprint density at radius 1 is 0.600 bits per heavy atom. The average molecular weight is 827 g/mol. The third-order valence-corrected chi connectivity index (χ3v) is 11.3. The molecule has 2 heterocycles. The molecule has 6 atom stereocenters. The summed E-state index contributed by atoms with van der Waals surface area (Å²) < 4.78 is 45.4. The Morgan fingerprint density at radius 3 is 1.72 bits per heavy atom. The van der Waals surface area contributed by atoms with Gasteiger partial charge in [-0.15, -0.1) is 0 Å². The molecule has 2 aliphatic rings. The predicted octanol–water partition coefficient (Wildman–Crippen LogP) is 9.62. The zero-order chi connectivity index (χ0) is 41.0. The van der Waals surface area contributed by atoms with E-state index in [1.807, 2.05) is 152 Å². The van der Waals surface area contributed by atoms with Gasteiger partial charge in [0.1, 0.15) is 36.3 Å². The van der Waals surface area contributed by atoms with Crippen LogP contribution in [0.4, 0.5) is 0 Å². The second-order valence-corrected chi connectivity index (χ2v) is 15.7. The summed E-state index contributed by atoms with van der Waals surface area (Å²) in [4.78, 5) is 0. The van der Waals surface area contributed by atoms with Gasteiger partial charge in [-0.1, -0.05) is 151 Å². The fourth-order valence-electron chi connectivity index (χ4n) is 7.72. The topological polar surface area (TPSA) is 84.8 Å². The summed E-state index contributed by atoms with van der Waals surface area (Å²) in [5.74, 6) is -1.23. The molecule has 0 spiro atoms. The van der Waals surface area contributed by atoms with Crippen molar-refractivity contribution in [3.05, 3.63) is 208 Å². The van der Waals surface area contributed by atoms with E-state index in [1.165, 1.54) is 0 Å². The lowest BCUT2D eigenvalue weighted by Gasteiger charge is -2.50. The first-order valence-corrected chi connectivity index (χ1v) is 21.0. The lowest BCUT2D eigenvalue weighted by Crippen LogP contribution is -2.65. The summed E-state index contributed by atoms with van der Waals surface area (Å²) in [6.45, 7) is 2.48. The van der Waals surface area contributed by atoms with Crippen LogP contribution >= 0.6 is 11.6 Å². The third-order valence-electron chi connectivity index (χ3n) is 10.9. The van der Waals surface area contributed by atoms with Crippen LogP contribution < -0.4 is 4.74 Å². The number of hydrogen-bond acceptors (Lipinski definition) is 8. The lowest BCUT2D eigenvalue weighted by atomic mass is 9.86. The van der Waals surface area contributed by atoms with Crippen molar-refractivity contribution < 1.29 is 38.3 Å². The van der Waals surface area contributed by atoms with Crippen LogP contribution in [-0.2, 0) is 67.1 Å². The molecule has 6 aromatic rings. The van der Waals surface area contributed by atoms with Crippen molar-refractivity contribution in [2.75, 3.05) is 19.8 Å². The molecule has 2 fully saturated rings. The number of aliphatic hydroxyl groups is 1. The number of halogens is 1. The summed E-state index contributed by atoms with van der Waals surface area (Å²) in [5.41, 5.74) is 6.22. The highest BCUT2D eigenvalue weighted by Gasteiger charge is 2.57. The van der Waals surface area contributed by atoms with Crippen molar-refractivity contribution >= 4 is 11.6 Å². The maximum atomic E-state index is 13.3. The van der Waals surface area contributed by atoms with Gasteiger partial charge in [0.2, 0.25) is 5.79 Å². The molecule has 2 unspecified atom stereocenters. The van der Waals surface area contributed by atoms with Crippen LogP contribution in [-0.4, -0.2) is 55.4 Å². The number of ether oxygens (including phenoxy) is 7. The minimum atomic E-state index is -2.02. The van der Waals surface area contributed by atoms with Gasteiger partial charge < -0.3 is 38.3 Å². The van der Waals surface area contributed by atoms with Crippen LogP contribution in [0.15, 0.2) is 164 Å². The molecule has 0 amide bonds. The Bertz CT molecular complexity index is 2190. The first-order valence-electron chi connectivity index (χ1n) is 20.6. The van der Waals surface area contributed by atoms with Gasteiger partial charge in [0, 0.05) is 17.0 Å². The number of hydrogen-bond donors (Lipinski definition) is 1. The van der Waals surface area contributed by atoms with Gasteiger partial charge in [0.25, 0.3) is 0 Å². The van der Waals surface area contributed by atoms with E-state index in [1.54, 1.807) is 12.1 Å². The molecule has 0 radical (unpaired) electrons. The van der Waals surface area contributed by atoms with Crippen LogP contribution in [0.5, 0.6) is 5.75 Å². The highest BCUT2D eigenvalue weighted by atomic mass is 35.5. The van der Waals surface area contributed by atoms with Crippen molar-refractivity contribution in [3.8, 4) is 5.75 Å². The SMILES string of the molecule is OC1(c2ccc(Cl)c(Cc3ccc(OC4CCOC4)cc3)c2)O[C@H](COCc2ccccc2)[C@@H](OCc2ccccc2)[C@H](OCc2ccccc2)[C@H]1OCc1ccccc1. The fraction of sp³-hybridized carbons (Fsp3) is 0.294. The molecular formula is C51H51ClO8. The summed E-state index contributed by atoms with van der Waals surface area (Å²) >= 11 is 6.92. The van der Waals surface area contributed by atoms with E-state index in [-0.39, 0.29) is 32.5 Å². The van der Waals surface area contributed by atoms with Gasteiger partial charge in [-0.25, -0.2) is 0 Å². The maximum Gasteiger partial charge on any atom is 0.222 e. The molecule has 6 aromatic carbocycles. The van der Waals surface area contributed by atoms with Crippen molar-refractivity contribution in [1.82, 2.24) is 0 Å². The minimum Gasteiger partial charge on any atom is -0.488 e. The smallest absolute Gasteiger partial charge is 0.222 e. The van der Waals surface area contributed by atoms with E-state index in [2.05, 4.69) is 0 Å². The van der Waals surface area contributed by atoms with Crippen molar-refractivity contribution in [2.45, 2.75) is 75.6 Å². The van der Waals surface area contributed by atoms with Crippen molar-refractivity contribution in [3.63, 3.8) is 0 Å². The van der Waals surface area contributed by atoms with Gasteiger partial charge in [-0.05, 0) is 64.1 Å². The van der Waals surface area contributed by atoms with E-state index < -0.39 is 30.2 Å². The zero-order valence-corrected chi connectivity index (χ0v) is 34.3. The minimum absolute atomic E-state index is 0.0617. The van der Waals surface area contributed by atoms with Crippen LogP contribution in [0.25, 0.3) is 0 Å². The Kier molecular flexibility index (Phi) is 14.4. The summed E-state index contributed by atoms with van der Waals surface area (Å²) in [5, 5.41) is 13.8. The Balaban J connectivity index is 1.15. The largest absolute Gasteiger partial charge is 0.488 e. The van der Waals surface area contributed by atoms with E-state index in [0.717, 1.165) is 45.6 Å². The molecule has 0 aliphatic carbocycles. The summed E-state index contributed by atoms with van der Waals surface area (Å²) in [7, 11) is 0. The summed E-state index contributed by atoms with van der Waals surface area (Å²) in [6, 6.07) is 53.3. The molecule has 0 saturated carbocycles. The fourth-order valence-corrected chi connectivity index (χ4v) is 7.91. The Hall–Kier alpha value is -4.87. The average Bonchev–Trinajstić information content (AvgIpc) is 3.81. The molecule has 9 heteroatoms. The monoisotopic (exact) mass is 826 g/mol. The highest BCUT2D eigenvalue weighted by Crippen LogP contribution is 2.43. The quantitative estimate of drug-likeness (QED) is 0.0918. The van der Waals surface area contributed by atoms with Crippen LogP contribution in [0, 0.1) is 0 Å². The van der Waals surface area contributed by atoms with Crippen LogP contribution in [0.2, 0.25) is 5.02 Å². The second kappa shape index (κ2) is 20.6. The molecule has 2 saturated heterocycles. The van der Waals surface area contributed by atoms with Gasteiger partial charge in [-0.3, -0.25) is 0 Å². The Morgan fingerprint density at radius 2 is 1.15 bits per heavy atom. The third kappa shape index (κ3) is 10.9. The predicted molar refractivity (Wildman–Crippen MR) is 230 cm³/mol. The lowest BCUT2D eigenvalue weighted by molar-refractivity contribution is -0.378.